The molecular formula is C20H22O6. The van der Waals surface area contributed by atoms with Gasteiger partial charge in [-0.1, -0.05) is 6.07 Å². The van der Waals surface area contributed by atoms with Crippen molar-refractivity contribution in [3.8, 4) is 23.0 Å². The Labute approximate surface area is 151 Å². The second-order valence-corrected chi connectivity index (χ2v) is 6.73. The molecule has 0 aromatic heterocycles. The number of ether oxygens (including phenoxy) is 4. The van der Waals surface area contributed by atoms with Crippen LogP contribution >= 0.6 is 0 Å². The molecule has 2 aromatic carbocycles. The second kappa shape index (κ2) is 6.70. The molecule has 0 radical (unpaired) electrons. The van der Waals surface area contributed by atoms with Gasteiger partial charge in [0.15, 0.2) is 11.5 Å². The molecule has 4 unspecified atom stereocenters. The molecule has 0 spiro atoms. The maximum absolute atomic E-state index is 9.94. The van der Waals surface area contributed by atoms with Gasteiger partial charge in [-0.05, 0) is 35.4 Å². The predicted octanol–water partition coefficient (Wildman–Crippen LogP) is 3.19. The Bertz CT molecular complexity index is 805. The van der Waals surface area contributed by atoms with Crippen LogP contribution in [0.25, 0.3) is 0 Å². The minimum atomic E-state index is -0.148. The molecule has 2 aliphatic rings. The van der Waals surface area contributed by atoms with Crippen molar-refractivity contribution in [1.29, 1.82) is 0 Å². The predicted molar refractivity (Wildman–Crippen MR) is 93.7 cm³/mol. The summed E-state index contributed by atoms with van der Waals surface area (Å²) >= 11 is 0. The van der Waals surface area contributed by atoms with Gasteiger partial charge in [-0.2, -0.15) is 0 Å². The highest BCUT2D eigenvalue weighted by atomic mass is 16.5. The minimum absolute atomic E-state index is 0.109. The number of methoxy groups -OCH3 is 2. The number of fused-ring (bicyclic) bond motifs is 1. The Hall–Kier alpha value is -2.44. The number of aromatic hydroxyl groups is 2. The number of rotatable bonds is 4. The summed E-state index contributed by atoms with van der Waals surface area (Å²) in [4.78, 5) is 0. The molecule has 138 valence electrons. The van der Waals surface area contributed by atoms with E-state index in [9.17, 15) is 10.2 Å². The maximum atomic E-state index is 9.94. The zero-order valence-electron chi connectivity index (χ0n) is 14.7. The summed E-state index contributed by atoms with van der Waals surface area (Å²) in [7, 11) is 3.10. The van der Waals surface area contributed by atoms with Crippen LogP contribution < -0.4 is 9.47 Å². The van der Waals surface area contributed by atoms with Gasteiger partial charge in [0.2, 0.25) is 0 Å². The van der Waals surface area contributed by atoms with E-state index in [2.05, 4.69) is 0 Å². The van der Waals surface area contributed by atoms with E-state index in [1.165, 1.54) is 7.11 Å². The van der Waals surface area contributed by atoms with Crippen molar-refractivity contribution >= 4 is 0 Å². The van der Waals surface area contributed by atoms with Crippen molar-refractivity contribution in [3.63, 3.8) is 0 Å². The fourth-order valence-corrected chi connectivity index (χ4v) is 3.99. The highest BCUT2D eigenvalue weighted by molar-refractivity contribution is 5.43. The molecule has 2 aliphatic heterocycles. The molecule has 6 nitrogen and oxygen atoms in total. The number of hydrogen-bond acceptors (Lipinski definition) is 6. The molecule has 0 bridgehead atoms. The Morgan fingerprint density at radius 3 is 2.19 bits per heavy atom. The number of phenols is 2. The zero-order valence-corrected chi connectivity index (χ0v) is 14.7. The van der Waals surface area contributed by atoms with Gasteiger partial charge in [0.25, 0.3) is 0 Å². The first-order valence-corrected chi connectivity index (χ1v) is 8.58. The van der Waals surface area contributed by atoms with Crippen LogP contribution in [0, 0.1) is 11.8 Å². The summed E-state index contributed by atoms with van der Waals surface area (Å²) < 4.78 is 22.6. The third-order valence-electron chi connectivity index (χ3n) is 5.27. The van der Waals surface area contributed by atoms with Crippen LogP contribution in [0.1, 0.15) is 23.3 Å². The van der Waals surface area contributed by atoms with Gasteiger partial charge in [-0.15, -0.1) is 0 Å². The molecule has 2 aromatic rings. The standard InChI is InChI=1S/C20H22O6/c1-23-14-6-12(5-13(21)8-14)20-16-10-25-19(15(16)9-26-20)11-3-4-17(22)18(7-11)24-2/h3-8,15-16,19-22H,9-10H2,1-2H3. The van der Waals surface area contributed by atoms with Crippen LogP contribution in [0.5, 0.6) is 23.0 Å². The first-order valence-electron chi connectivity index (χ1n) is 8.58. The van der Waals surface area contributed by atoms with Gasteiger partial charge in [0.05, 0.1) is 39.6 Å². The lowest BCUT2D eigenvalue weighted by Crippen LogP contribution is -2.14. The van der Waals surface area contributed by atoms with Crippen molar-refractivity contribution in [1.82, 2.24) is 0 Å². The van der Waals surface area contributed by atoms with Gasteiger partial charge < -0.3 is 29.2 Å². The maximum Gasteiger partial charge on any atom is 0.160 e. The molecule has 0 saturated carbocycles. The Kier molecular flexibility index (Phi) is 4.38. The summed E-state index contributed by atoms with van der Waals surface area (Å²) in [6.45, 7) is 1.14. The Balaban J connectivity index is 1.59. The lowest BCUT2D eigenvalue weighted by atomic mass is 9.85. The molecule has 2 heterocycles. The van der Waals surface area contributed by atoms with Crippen molar-refractivity contribution in [2.45, 2.75) is 12.2 Å². The largest absolute Gasteiger partial charge is 0.508 e. The first kappa shape index (κ1) is 17.0. The van der Waals surface area contributed by atoms with Crippen LogP contribution in [-0.2, 0) is 9.47 Å². The lowest BCUT2D eigenvalue weighted by Gasteiger charge is -2.18. The van der Waals surface area contributed by atoms with Gasteiger partial charge in [-0.25, -0.2) is 0 Å². The third kappa shape index (κ3) is 2.85. The minimum Gasteiger partial charge on any atom is -0.508 e. The quantitative estimate of drug-likeness (QED) is 0.874. The summed E-state index contributed by atoms with van der Waals surface area (Å²) in [5.41, 5.74) is 1.85. The average molecular weight is 358 g/mol. The highest BCUT2D eigenvalue weighted by Gasteiger charge is 2.48. The van der Waals surface area contributed by atoms with E-state index in [1.54, 1.807) is 25.3 Å². The van der Waals surface area contributed by atoms with E-state index in [4.69, 9.17) is 18.9 Å². The molecular weight excluding hydrogens is 336 g/mol. The van der Waals surface area contributed by atoms with Gasteiger partial charge in [-0.3, -0.25) is 0 Å². The van der Waals surface area contributed by atoms with Gasteiger partial charge in [0, 0.05) is 17.9 Å². The van der Waals surface area contributed by atoms with Crippen molar-refractivity contribution < 1.29 is 29.2 Å². The molecule has 0 amide bonds. The monoisotopic (exact) mass is 358 g/mol. The first-order chi connectivity index (χ1) is 12.6. The molecule has 2 N–H and O–H groups in total. The topological polar surface area (TPSA) is 77.4 Å². The van der Waals surface area contributed by atoms with Gasteiger partial charge in [0.1, 0.15) is 11.5 Å². The van der Waals surface area contributed by atoms with Crippen LogP contribution in [0.4, 0.5) is 0 Å². The summed E-state index contributed by atoms with van der Waals surface area (Å²) in [6, 6.07) is 10.5. The number of benzene rings is 2. The highest BCUT2D eigenvalue weighted by Crippen LogP contribution is 2.51. The van der Waals surface area contributed by atoms with Crippen LogP contribution in [0.15, 0.2) is 36.4 Å². The van der Waals surface area contributed by atoms with Crippen molar-refractivity contribution in [2.75, 3.05) is 27.4 Å². The molecule has 26 heavy (non-hydrogen) atoms. The normalized spacial score (nSPS) is 27.3. The molecule has 4 atom stereocenters. The SMILES string of the molecule is COc1cc(O)cc(C2OCC3C(c4ccc(O)c(OC)c4)OCC23)c1. The fourth-order valence-electron chi connectivity index (χ4n) is 3.99. The number of phenolic OH excluding ortho intramolecular Hbond substituents is 2. The summed E-state index contributed by atoms with van der Waals surface area (Å²) in [6.07, 6.45) is -0.260. The van der Waals surface area contributed by atoms with Gasteiger partial charge >= 0.3 is 0 Å². The lowest BCUT2D eigenvalue weighted by molar-refractivity contribution is 0.0191. The molecule has 0 aliphatic carbocycles. The average Bonchev–Trinajstić information content (AvgIpc) is 3.23. The smallest absolute Gasteiger partial charge is 0.160 e. The Morgan fingerprint density at radius 2 is 1.54 bits per heavy atom. The van der Waals surface area contributed by atoms with E-state index >= 15 is 0 Å². The third-order valence-corrected chi connectivity index (χ3v) is 5.27. The van der Waals surface area contributed by atoms with E-state index in [0.29, 0.717) is 24.7 Å². The summed E-state index contributed by atoms with van der Waals surface area (Å²) in [5.74, 6) is 1.69. The molecule has 4 rings (SSSR count). The van der Waals surface area contributed by atoms with Crippen LogP contribution in [-0.4, -0.2) is 37.6 Å². The van der Waals surface area contributed by atoms with E-state index in [-0.39, 0.29) is 35.5 Å². The van der Waals surface area contributed by atoms with Crippen LogP contribution in [0.2, 0.25) is 0 Å². The van der Waals surface area contributed by atoms with E-state index in [0.717, 1.165) is 11.1 Å². The zero-order chi connectivity index (χ0) is 18.3. The fraction of sp³-hybridized carbons (Fsp3) is 0.400. The van der Waals surface area contributed by atoms with Crippen LogP contribution in [0.3, 0.4) is 0 Å². The van der Waals surface area contributed by atoms with E-state index in [1.807, 2.05) is 18.2 Å². The second-order valence-electron chi connectivity index (χ2n) is 6.73. The van der Waals surface area contributed by atoms with Crippen molar-refractivity contribution in [3.05, 3.63) is 47.5 Å². The Morgan fingerprint density at radius 1 is 0.846 bits per heavy atom. The number of hydrogen-bond donors (Lipinski definition) is 2. The molecule has 6 heteroatoms. The van der Waals surface area contributed by atoms with E-state index < -0.39 is 0 Å². The molecule has 2 fully saturated rings. The molecule has 2 saturated heterocycles. The van der Waals surface area contributed by atoms with Crippen molar-refractivity contribution in [2.24, 2.45) is 11.8 Å². The summed E-state index contributed by atoms with van der Waals surface area (Å²) in [5, 5.41) is 19.7.